The number of rotatable bonds is 5. The molecule has 0 atom stereocenters. The molecule has 3 aromatic carbocycles. The lowest BCUT2D eigenvalue weighted by molar-refractivity contribution is -0.118. The molecular formula is C24H25NO2. The van der Waals surface area contributed by atoms with Crippen molar-refractivity contribution in [3.05, 3.63) is 84.4 Å². The minimum absolute atomic E-state index is 0.0394. The maximum atomic E-state index is 12.5. The highest BCUT2D eigenvalue weighted by Crippen LogP contribution is 2.30. The summed E-state index contributed by atoms with van der Waals surface area (Å²) in [6.45, 7) is 6.35. The Hall–Kier alpha value is -3.07. The quantitative estimate of drug-likeness (QED) is 0.637. The molecule has 1 N–H and O–H groups in total. The number of carbonyl (C=O) groups is 1. The fourth-order valence-electron chi connectivity index (χ4n) is 3.02. The van der Waals surface area contributed by atoms with Gasteiger partial charge < -0.3 is 10.1 Å². The Balaban J connectivity index is 1.71. The summed E-state index contributed by atoms with van der Waals surface area (Å²) >= 11 is 0. The molecule has 0 unspecified atom stereocenters. The normalized spacial score (nSPS) is 11.1. The maximum Gasteiger partial charge on any atom is 0.262 e. The van der Waals surface area contributed by atoms with Gasteiger partial charge in [-0.1, -0.05) is 87.5 Å². The first-order valence-corrected chi connectivity index (χ1v) is 9.12. The lowest BCUT2D eigenvalue weighted by Gasteiger charge is -2.23. The van der Waals surface area contributed by atoms with E-state index in [9.17, 15) is 4.79 Å². The fraction of sp³-hybridized carbons (Fsp3) is 0.208. The molecule has 0 aliphatic rings. The van der Waals surface area contributed by atoms with Crippen LogP contribution in [0.5, 0.6) is 5.75 Å². The molecule has 0 aromatic heterocycles. The van der Waals surface area contributed by atoms with Crippen LogP contribution in [0, 0.1) is 0 Å². The number of benzene rings is 3. The van der Waals surface area contributed by atoms with E-state index in [4.69, 9.17) is 4.74 Å². The highest BCUT2D eigenvalue weighted by Gasteiger charge is 2.18. The minimum atomic E-state index is -0.172. The Morgan fingerprint density at radius 2 is 1.48 bits per heavy atom. The second kappa shape index (κ2) is 8.09. The summed E-state index contributed by atoms with van der Waals surface area (Å²) in [7, 11) is 0. The minimum Gasteiger partial charge on any atom is -0.483 e. The molecule has 0 aliphatic carbocycles. The van der Waals surface area contributed by atoms with Crippen LogP contribution in [0.15, 0.2) is 78.9 Å². The number of hydrogen-bond donors (Lipinski definition) is 1. The molecule has 1 amide bonds. The predicted molar refractivity (Wildman–Crippen MR) is 111 cm³/mol. The molecule has 0 saturated carbocycles. The van der Waals surface area contributed by atoms with Gasteiger partial charge in [0.25, 0.3) is 5.91 Å². The van der Waals surface area contributed by atoms with Crippen molar-refractivity contribution in [1.29, 1.82) is 0 Å². The highest BCUT2D eigenvalue weighted by atomic mass is 16.5. The molecule has 3 rings (SSSR count). The van der Waals surface area contributed by atoms with Gasteiger partial charge in [-0.25, -0.2) is 0 Å². The topological polar surface area (TPSA) is 38.3 Å². The first kappa shape index (κ1) is 18.7. The molecular weight excluding hydrogens is 334 g/mol. The molecule has 0 saturated heterocycles. The molecule has 3 heteroatoms. The van der Waals surface area contributed by atoms with Crippen molar-refractivity contribution < 1.29 is 9.53 Å². The Labute approximate surface area is 161 Å². The molecule has 0 bridgehead atoms. The average Bonchev–Trinajstić information content (AvgIpc) is 2.67. The van der Waals surface area contributed by atoms with Crippen molar-refractivity contribution >= 4 is 11.6 Å². The molecule has 138 valence electrons. The molecule has 0 heterocycles. The third-order valence-corrected chi connectivity index (χ3v) is 4.34. The van der Waals surface area contributed by atoms with Crippen LogP contribution in [-0.4, -0.2) is 12.5 Å². The number of hydrogen-bond acceptors (Lipinski definition) is 2. The van der Waals surface area contributed by atoms with Crippen molar-refractivity contribution in [3.8, 4) is 16.9 Å². The summed E-state index contributed by atoms with van der Waals surface area (Å²) in [5.74, 6) is 0.525. The van der Waals surface area contributed by atoms with Crippen LogP contribution in [-0.2, 0) is 10.2 Å². The fourth-order valence-corrected chi connectivity index (χ4v) is 3.02. The van der Waals surface area contributed by atoms with Gasteiger partial charge in [-0.2, -0.15) is 0 Å². The van der Waals surface area contributed by atoms with Crippen molar-refractivity contribution in [3.63, 3.8) is 0 Å². The van der Waals surface area contributed by atoms with E-state index in [1.807, 2.05) is 78.9 Å². The van der Waals surface area contributed by atoms with Crippen molar-refractivity contribution in [2.75, 3.05) is 11.9 Å². The molecule has 3 aromatic rings. The van der Waals surface area contributed by atoms with E-state index in [2.05, 4.69) is 26.1 Å². The zero-order chi connectivity index (χ0) is 19.3. The zero-order valence-electron chi connectivity index (χ0n) is 16.0. The van der Waals surface area contributed by atoms with Crippen LogP contribution in [0.2, 0.25) is 0 Å². The largest absolute Gasteiger partial charge is 0.483 e. The lowest BCUT2D eigenvalue weighted by atomic mass is 9.86. The standard InChI is InChI=1S/C24H25NO2/c1-24(2,3)20-14-8-9-15-21(20)25-23(26)17-27-22-16-10-7-13-19(22)18-11-5-4-6-12-18/h4-16H,17H2,1-3H3,(H,25,26). The number of nitrogens with one attached hydrogen (secondary N) is 1. The Kier molecular flexibility index (Phi) is 5.60. The highest BCUT2D eigenvalue weighted by molar-refractivity contribution is 5.93. The first-order chi connectivity index (χ1) is 12.9. The molecule has 27 heavy (non-hydrogen) atoms. The van der Waals surface area contributed by atoms with Crippen molar-refractivity contribution in [1.82, 2.24) is 0 Å². The summed E-state index contributed by atoms with van der Waals surface area (Å²) in [6.07, 6.45) is 0. The third-order valence-electron chi connectivity index (χ3n) is 4.34. The Bertz CT molecular complexity index is 911. The first-order valence-electron chi connectivity index (χ1n) is 9.12. The summed E-state index contributed by atoms with van der Waals surface area (Å²) < 4.78 is 5.84. The lowest BCUT2D eigenvalue weighted by Crippen LogP contribution is -2.23. The van der Waals surface area contributed by atoms with Gasteiger partial charge in [-0.05, 0) is 28.7 Å². The van der Waals surface area contributed by atoms with E-state index in [0.717, 1.165) is 22.4 Å². The van der Waals surface area contributed by atoms with Crippen LogP contribution in [0.1, 0.15) is 26.3 Å². The molecule has 0 fully saturated rings. The van der Waals surface area contributed by atoms with Gasteiger partial charge in [0.2, 0.25) is 0 Å². The van der Waals surface area contributed by atoms with E-state index in [-0.39, 0.29) is 17.9 Å². The van der Waals surface area contributed by atoms with Gasteiger partial charge in [0.15, 0.2) is 6.61 Å². The Morgan fingerprint density at radius 3 is 2.22 bits per heavy atom. The van der Waals surface area contributed by atoms with E-state index >= 15 is 0 Å². The predicted octanol–water partition coefficient (Wildman–Crippen LogP) is 5.67. The summed E-state index contributed by atoms with van der Waals surface area (Å²) in [4.78, 5) is 12.5. The van der Waals surface area contributed by atoms with Crippen molar-refractivity contribution in [2.24, 2.45) is 0 Å². The molecule has 0 aliphatic heterocycles. The van der Waals surface area contributed by atoms with Gasteiger partial charge in [-0.15, -0.1) is 0 Å². The van der Waals surface area contributed by atoms with Gasteiger partial charge in [0.05, 0.1) is 0 Å². The molecule has 3 nitrogen and oxygen atoms in total. The summed E-state index contributed by atoms with van der Waals surface area (Å²) in [5, 5.41) is 2.98. The second-order valence-corrected chi connectivity index (χ2v) is 7.49. The average molecular weight is 359 g/mol. The second-order valence-electron chi connectivity index (χ2n) is 7.49. The SMILES string of the molecule is CC(C)(C)c1ccccc1NC(=O)COc1ccccc1-c1ccccc1. The van der Waals surface area contributed by atoms with Crippen LogP contribution < -0.4 is 10.1 Å². The number of para-hydroxylation sites is 2. The van der Waals surface area contributed by atoms with Crippen LogP contribution >= 0.6 is 0 Å². The number of carbonyl (C=O) groups excluding carboxylic acids is 1. The molecule has 0 spiro atoms. The van der Waals surface area contributed by atoms with E-state index in [1.54, 1.807) is 0 Å². The maximum absolute atomic E-state index is 12.5. The monoisotopic (exact) mass is 359 g/mol. The number of anilines is 1. The number of ether oxygens (including phenoxy) is 1. The van der Waals surface area contributed by atoms with Gasteiger partial charge in [-0.3, -0.25) is 4.79 Å². The van der Waals surface area contributed by atoms with Gasteiger partial charge in [0.1, 0.15) is 5.75 Å². The smallest absolute Gasteiger partial charge is 0.262 e. The van der Waals surface area contributed by atoms with Crippen LogP contribution in [0.3, 0.4) is 0 Å². The van der Waals surface area contributed by atoms with Gasteiger partial charge >= 0.3 is 0 Å². The number of amides is 1. The van der Waals surface area contributed by atoms with E-state index < -0.39 is 0 Å². The van der Waals surface area contributed by atoms with Gasteiger partial charge in [0, 0.05) is 11.3 Å². The van der Waals surface area contributed by atoms with Crippen LogP contribution in [0.25, 0.3) is 11.1 Å². The zero-order valence-corrected chi connectivity index (χ0v) is 16.0. The van der Waals surface area contributed by atoms with E-state index in [0.29, 0.717) is 5.75 Å². The Morgan fingerprint density at radius 1 is 0.852 bits per heavy atom. The van der Waals surface area contributed by atoms with E-state index in [1.165, 1.54) is 0 Å². The summed E-state index contributed by atoms with van der Waals surface area (Å²) in [6, 6.07) is 25.7. The third kappa shape index (κ3) is 4.76. The van der Waals surface area contributed by atoms with Crippen LogP contribution in [0.4, 0.5) is 5.69 Å². The van der Waals surface area contributed by atoms with Crippen molar-refractivity contribution in [2.45, 2.75) is 26.2 Å². The summed E-state index contributed by atoms with van der Waals surface area (Å²) in [5.41, 5.74) is 3.91. The molecule has 0 radical (unpaired) electrons.